The SMILES string of the molecule is C[N+](C)(CCCCOc1ccccc1)C(=O)[S-]. The second kappa shape index (κ2) is 6.57. The van der Waals surface area contributed by atoms with Gasteiger partial charge in [-0.1, -0.05) is 18.2 Å². The topological polar surface area (TPSA) is 26.3 Å². The van der Waals surface area contributed by atoms with Crippen molar-refractivity contribution in [2.75, 3.05) is 27.2 Å². The lowest BCUT2D eigenvalue weighted by Gasteiger charge is -2.30. The first-order chi connectivity index (χ1) is 8.02. The van der Waals surface area contributed by atoms with Crippen molar-refractivity contribution in [2.45, 2.75) is 12.8 Å². The van der Waals surface area contributed by atoms with Crippen LogP contribution >= 0.6 is 0 Å². The smallest absolute Gasteiger partial charge is 0.198 e. The molecule has 0 fully saturated rings. The van der Waals surface area contributed by atoms with E-state index in [4.69, 9.17) is 4.74 Å². The van der Waals surface area contributed by atoms with E-state index in [9.17, 15) is 4.79 Å². The van der Waals surface area contributed by atoms with Crippen LogP contribution in [0.15, 0.2) is 30.3 Å². The summed E-state index contributed by atoms with van der Waals surface area (Å²) in [6.07, 6.45) is 1.86. The molecule has 0 bridgehead atoms. The number of quaternary nitrogens is 1. The molecule has 0 aliphatic rings. The molecule has 0 N–H and O–H groups in total. The minimum atomic E-state index is -0.214. The lowest BCUT2D eigenvalue weighted by molar-refractivity contribution is -0.802. The van der Waals surface area contributed by atoms with Gasteiger partial charge >= 0.3 is 0 Å². The maximum atomic E-state index is 11.1. The predicted octanol–water partition coefficient (Wildman–Crippen LogP) is 2.59. The highest BCUT2D eigenvalue weighted by Gasteiger charge is 2.14. The maximum Gasteiger partial charge on any atom is 0.198 e. The molecule has 0 radical (unpaired) electrons. The van der Waals surface area contributed by atoms with Crippen LogP contribution in [0.5, 0.6) is 5.75 Å². The van der Waals surface area contributed by atoms with Crippen molar-refractivity contribution in [3.05, 3.63) is 30.3 Å². The Morgan fingerprint density at radius 1 is 1.24 bits per heavy atom. The molecular weight excluding hydrogens is 234 g/mol. The first-order valence-electron chi connectivity index (χ1n) is 5.75. The van der Waals surface area contributed by atoms with Gasteiger partial charge in [0, 0.05) is 6.42 Å². The molecule has 0 atom stereocenters. The van der Waals surface area contributed by atoms with E-state index in [1.807, 2.05) is 44.4 Å². The van der Waals surface area contributed by atoms with E-state index in [2.05, 4.69) is 12.6 Å². The summed E-state index contributed by atoms with van der Waals surface area (Å²) in [6, 6.07) is 9.73. The lowest BCUT2D eigenvalue weighted by Crippen LogP contribution is -2.44. The number of carbonyl (C=O) groups is 1. The highest BCUT2D eigenvalue weighted by molar-refractivity contribution is 7.76. The van der Waals surface area contributed by atoms with E-state index >= 15 is 0 Å². The Balaban J connectivity index is 2.15. The number of benzene rings is 1. The van der Waals surface area contributed by atoms with Crippen LogP contribution in [0, 0.1) is 0 Å². The summed E-state index contributed by atoms with van der Waals surface area (Å²) in [6.45, 7) is 1.44. The number of hydrogen-bond donors (Lipinski definition) is 0. The van der Waals surface area contributed by atoms with Gasteiger partial charge in [0.15, 0.2) is 5.24 Å². The molecule has 3 nitrogen and oxygen atoms in total. The van der Waals surface area contributed by atoms with Gasteiger partial charge in [-0.25, -0.2) is 0 Å². The summed E-state index contributed by atoms with van der Waals surface area (Å²) in [5, 5.41) is -0.214. The fraction of sp³-hybridized carbons (Fsp3) is 0.462. The van der Waals surface area contributed by atoms with Crippen molar-refractivity contribution in [1.29, 1.82) is 0 Å². The number of nitrogens with zero attached hydrogens (tertiary/aromatic N) is 1. The van der Waals surface area contributed by atoms with Gasteiger partial charge in [0.1, 0.15) is 5.75 Å². The molecule has 0 saturated carbocycles. The van der Waals surface area contributed by atoms with Gasteiger partial charge in [-0.2, -0.15) is 0 Å². The zero-order chi connectivity index (χ0) is 12.7. The molecule has 0 saturated heterocycles. The van der Waals surface area contributed by atoms with E-state index in [-0.39, 0.29) is 9.72 Å². The van der Waals surface area contributed by atoms with Crippen LogP contribution in [0.3, 0.4) is 0 Å². The molecule has 4 heteroatoms. The molecule has 1 rings (SSSR count). The van der Waals surface area contributed by atoms with Crippen LogP contribution in [-0.2, 0) is 12.6 Å². The Labute approximate surface area is 108 Å². The van der Waals surface area contributed by atoms with E-state index in [1.54, 1.807) is 0 Å². The zero-order valence-electron chi connectivity index (χ0n) is 10.4. The fourth-order valence-corrected chi connectivity index (χ4v) is 1.50. The summed E-state index contributed by atoms with van der Waals surface area (Å²) < 4.78 is 5.83. The first-order valence-corrected chi connectivity index (χ1v) is 6.15. The van der Waals surface area contributed by atoms with Gasteiger partial charge < -0.3 is 17.4 Å². The van der Waals surface area contributed by atoms with Crippen molar-refractivity contribution in [3.8, 4) is 5.75 Å². The summed E-state index contributed by atoms with van der Waals surface area (Å²) in [5.74, 6) is 0.889. The van der Waals surface area contributed by atoms with Crippen LogP contribution in [0.1, 0.15) is 12.8 Å². The van der Waals surface area contributed by atoms with Crippen molar-refractivity contribution < 1.29 is 14.0 Å². The standard InChI is InChI=1S/C13H19NO2S/c1-14(2,13(15)17)10-6-7-11-16-12-8-4-3-5-9-12/h3-5,8-9H,6-7,10-11H2,1-2H3. The average molecular weight is 253 g/mol. The highest BCUT2D eigenvalue weighted by atomic mass is 32.1. The summed E-state index contributed by atoms with van der Waals surface area (Å²) in [7, 11) is 3.68. The van der Waals surface area contributed by atoms with E-state index < -0.39 is 0 Å². The summed E-state index contributed by atoms with van der Waals surface area (Å²) in [5.41, 5.74) is 0. The highest BCUT2D eigenvalue weighted by Crippen LogP contribution is 2.09. The largest absolute Gasteiger partial charge is 0.675 e. The minimum absolute atomic E-state index is 0.214. The third-order valence-electron chi connectivity index (χ3n) is 2.62. The number of hydrogen-bond acceptors (Lipinski definition) is 3. The molecule has 1 amide bonds. The second-order valence-corrected chi connectivity index (χ2v) is 4.89. The third-order valence-corrected chi connectivity index (χ3v) is 3.11. The summed E-state index contributed by atoms with van der Waals surface area (Å²) >= 11 is 4.67. The number of para-hydroxylation sites is 1. The van der Waals surface area contributed by atoms with Gasteiger partial charge in [0.25, 0.3) is 0 Å². The van der Waals surface area contributed by atoms with Gasteiger partial charge in [-0.15, -0.1) is 0 Å². The van der Waals surface area contributed by atoms with Crippen LogP contribution < -0.4 is 4.74 Å². The van der Waals surface area contributed by atoms with Crippen molar-refractivity contribution >= 4 is 17.9 Å². The van der Waals surface area contributed by atoms with E-state index in [0.717, 1.165) is 25.1 Å². The molecular formula is C13H19NO2S. The van der Waals surface area contributed by atoms with E-state index in [1.165, 1.54) is 0 Å². The van der Waals surface area contributed by atoms with Gasteiger partial charge in [-0.3, -0.25) is 9.28 Å². The van der Waals surface area contributed by atoms with Crippen molar-refractivity contribution in [2.24, 2.45) is 0 Å². The quantitative estimate of drug-likeness (QED) is 0.443. The number of amides is 1. The molecule has 1 aromatic rings. The number of unbranched alkanes of at least 4 members (excludes halogenated alkanes) is 1. The molecule has 0 unspecified atom stereocenters. The Bertz CT molecular complexity index is 352. The lowest BCUT2D eigenvalue weighted by atomic mass is 10.3. The molecule has 0 aliphatic carbocycles. The fourth-order valence-electron chi connectivity index (χ4n) is 1.41. The molecule has 1 aromatic carbocycles. The molecule has 94 valence electrons. The summed E-state index contributed by atoms with van der Waals surface area (Å²) in [4.78, 5) is 11.1. The van der Waals surface area contributed by atoms with Crippen molar-refractivity contribution in [1.82, 2.24) is 0 Å². The first kappa shape index (κ1) is 13.9. The minimum Gasteiger partial charge on any atom is -0.675 e. The monoisotopic (exact) mass is 253 g/mol. The van der Waals surface area contributed by atoms with Crippen molar-refractivity contribution in [3.63, 3.8) is 0 Å². The molecule has 17 heavy (non-hydrogen) atoms. The molecule has 0 aliphatic heterocycles. The van der Waals surface area contributed by atoms with Gasteiger partial charge in [-0.05, 0) is 18.6 Å². The number of ether oxygens (including phenoxy) is 1. The number of rotatable bonds is 6. The van der Waals surface area contributed by atoms with Gasteiger partial charge in [0.2, 0.25) is 0 Å². The van der Waals surface area contributed by atoms with Crippen LogP contribution in [0.4, 0.5) is 4.79 Å². The number of carbonyl (C=O) groups excluding carboxylic acids is 1. The van der Waals surface area contributed by atoms with Crippen LogP contribution in [-0.4, -0.2) is 37.0 Å². The third kappa shape index (κ3) is 5.15. The van der Waals surface area contributed by atoms with Crippen LogP contribution in [0.25, 0.3) is 0 Å². The van der Waals surface area contributed by atoms with E-state index in [0.29, 0.717) is 6.61 Å². The zero-order valence-corrected chi connectivity index (χ0v) is 11.2. The second-order valence-electron chi connectivity index (χ2n) is 4.54. The Kier molecular flexibility index (Phi) is 5.38. The van der Waals surface area contributed by atoms with Crippen LogP contribution in [0.2, 0.25) is 0 Å². The Hall–Kier alpha value is -1.13. The average Bonchev–Trinajstić information content (AvgIpc) is 2.29. The van der Waals surface area contributed by atoms with Gasteiger partial charge in [0.05, 0.1) is 27.2 Å². The maximum absolute atomic E-state index is 11.1. The Morgan fingerprint density at radius 2 is 1.88 bits per heavy atom. The molecule has 0 heterocycles. The predicted molar refractivity (Wildman–Crippen MR) is 70.9 cm³/mol. The molecule has 0 aromatic heterocycles. The molecule has 0 spiro atoms. The normalized spacial score (nSPS) is 11.2. The Morgan fingerprint density at radius 3 is 2.47 bits per heavy atom.